The van der Waals surface area contributed by atoms with Crippen LogP contribution in [0.25, 0.3) is 0 Å². The van der Waals surface area contributed by atoms with Crippen LogP contribution in [0.5, 0.6) is 0 Å². The fourth-order valence-electron chi connectivity index (χ4n) is 1.90. The molecule has 126 valence electrons. The number of ether oxygens (including phenoxy) is 2. The van der Waals surface area contributed by atoms with Gasteiger partial charge < -0.3 is 14.0 Å². The van der Waals surface area contributed by atoms with Crippen LogP contribution in [0.4, 0.5) is 5.82 Å². The summed E-state index contributed by atoms with van der Waals surface area (Å²) in [7, 11) is -0.463. The predicted molar refractivity (Wildman–Crippen MR) is 90.8 cm³/mol. The minimum atomic E-state index is -3.77. The van der Waals surface area contributed by atoms with Crippen LogP contribution in [0.3, 0.4) is 0 Å². The first-order valence-electron chi connectivity index (χ1n) is 6.96. The number of thiophene rings is 1. The summed E-state index contributed by atoms with van der Waals surface area (Å²) in [6, 6.07) is 1.77. The van der Waals surface area contributed by atoms with Gasteiger partial charge in [0.1, 0.15) is 24.5 Å². The Kier molecular flexibility index (Phi) is 5.85. The molecule has 23 heavy (non-hydrogen) atoms. The maximum absolute atomic E-state index is 13.0. The van der Waals surface area contributed by atoms with Gasteiger partial charge in [0.15, 0.2) is 5.82 Å². The van der Waals surface area contributed by atoms with Gasteiger partial charge in [-0.2, -0.15) is 0 Å². The number of aryl methyl sites for hydroxylation is 1. The molecule has 0 fully saturated rings. The van der Waals surface area contributed by atoms with E-state index in [4.69, 9.17) is 14.0 Å². The normalized spacial score (nSPS) is 11.8. The quantitative estimate of drug-likeness (QED) is 0.387. The molecule has 0 saturated carbocycles. The molecule has 0 aromatic carbocycles. The first-order chi connectivity index (χ1) is 10.9. The predicted octanol–water partition coefficient (Wildman–Crippen LogP) is 0.427. The minimum Gasteiger partial charge on any atom is -0.382 e. The monoisotopic (exact) mass is 358 g/mol. The SMILES string of the molecule is Bc1ccsc1S(=O)(=O)N(COCCOC)c1noc(C)c1C. The highest BCUT2D eigenvalue weighted by Gasteiger charge is 2.31. The average Bonchev–Trinajstić information content (AvgIpc) is 3.07. The highest BCUT2D eigenvalue weighted by Crippen LogP contribution is 2.28. The van der Waals surface area contributed by atoms with E-state index in [0.29, 0.717) is 23.4 Å². The molecule has 0 aliphatic heterocycles. The van der Waals surface area contributed by atoms with Gasteiger partial charge >= 0.3 is 0 Å². The highest BCUT2D eigenvalue weighted by molar-refractivity contribution is 7.95. The third-order valence-corrected chi connectivity index (χ3v) is 6.73. The molecular weight excluding hydrogens is 339 g/mol. The molecule has 2 aromatic heterocycles. The molecule has 2 heterocycles. The molecule has 0 saturated heterocycles. The summed E-state index contributed by atoms with van der Waals surface area (Å²) >= 11 is 1.17. The second-order valence-corrected chi connectivity index (χ2v) is 7.94. The Morgan fingerprint density at radius 2 is 2.13 bits per heavy atom. The second kappa shape index (κ2) is 7.48. The van der Waals surface area contributed by atoms with Crippen LogP contribution in [-0.2, 0) is 19.5 Å². The fourth-order valence-corrected chi connectivity index (χ4v) is 4.75. The Labute approximate surface area is 140 Å². The molecule has 0 bridgehead atoms. The maximum Gasteiger partial charge on any atom is 0.276 e. The lowest BCUT2D eigenvalue weighted by Gasteiger charge is -2.22. The molecule has 0 N–H and O–H groups in total. The van der Waals surface area contributed by atoms with Crippen LogP contribution in [0.15, 0.2) is 20.2 Å². The summed E-state index contributed by atoms with van der Waals surface area (Å²) < 4.78 is 42.8. The highest BCUT2D eigenvalue weighted by atomic mass is 32.2. The lowest BCUT2D eigenvalue weighted by atomic mass is 10.0. The van der Waals surface area contributed by atoms with Crippen LogP contribution in [0.1, 0.15) is 11.3 Å². The lowest BCUT2D eigenvalue weighted by Crippen LogP contribution is -2.36. The maximum atomic E-state index is 13.0. The smallest absolute Gasteiger partial charge is 0.276 e. The van der Waals surface area contributed by atoms with E-state index in [0.717, 1.165) is 4.31 Å². The summed E-state index contributed by atoms with van der Waals surface area (Å²) in [6.45, 7) is 4.00. The molecule has 0 amide bonds. The molecular formula is C13H19BN2O5S2. The van der Waals surface area contributed by atoms with Gasteiger partial charge in [-0.3, -0.25) is 0 Å². The van der Waals surface area contributed by atoms with E-state index >= 15 is 0 Å². The molecule has 0 aliphatic rings. The molecule has 0 radical (unpaired) electrons. The van der Waals surface area contributed by atoms with Gasteiger partial charge in [-0.05, 0) is 19.2 Å². The molecule has 2 rings (SSSR count). The van der Waals surface area contributed by atoms with Crippen molar-refractivity contribution in [3.63, 3.8) is 0 Å². The zero-order chi connectivity index (χ0) is 17.0. The zero-order valence-corrected chi connectivity index (χ0v) is 15.2. The Bertz CT molecular complexity index is 756. The van der Waals surface area contributed by atoms with Gasteiger partial charge in [0.2, 0.25) is 0 Å². The van der Waals surface area contributed by atoms with Crippen molar-refractivity contribution in [2.24, 2.45) is 0 Å². The van der Waals surface area contributed by atoms with Crippen LogP contribution in [0.2, 0.25) is 0 Å². The van der Waals surface area contributed by atoms with E-state index < -0.39 is 10.0 Å². The van der Waals surface area contributed by atoms with Crippen LogP contribution in [-0.4, -0.2) is 48.5 Å². The minimum absolute atomic E-state index is 0.157. The Hall–Kier alpha value is -1.36. The van der Waals surface area contributed by atoms with Gasteiger partial charge in [-0.1, -0.05) is 16.7 Å². The van der Waals surface area contributed by atoms with Gasteiger partial charge in [-0.15, -0.1) is 11.3 Å². The number of hydrogen-bond acceptors (Lipinski definition) is 7. The van der Waals surface area contributed by atoms with Crippen molar-refractivity contribution in [1.29, 1.82) is 0 Å². The van der Waals surface area contributed by atoms with E-state index in [2.05, 4.69) is 5.16 Å². The van der Waals surface area contributed by atoms with Crippen LogP contribution in [0, 0.1) is 13.8 Å². The van der Waals surface area contributed by atoms with Gasteiger partial charge in [-0.25, -0.2) is 12.7 Å². The van der Waals surface area contributed by atoms with Crippen molar-refractivity contribution in [2.45, 2.75) is 18.1 Å². The molecule has 0 unspecified atom stereocenters. The Morgan fingerprint density at radius 3 is 2.65 bits per heavy atom. The Balaban J connectivity index is 2.37. The summed E-state index contributed by atoms with van der Waals surface area (Å²) in [6.07, 6.45) is 0. The van der Waals surface area contributed by atoms with E-state index in [9.17, 15) is 8.42 Å². The molecule has 2 aromatic rings. The third kappa shape index (κ3) is 3.77. The topological polar surface area (TPSA) is 81.9 Å². The molecule has 0 spiro atoms. The van der Waals surface area contributed by atoms with E-state index in [1.165, 1.54) is 11.3 Å². The number of anilines is 1. The van der Waals surface area contributed by atoms with Gasteiger partial charge in [0.05, 0.1) is 13.2 Å². The van der Waals surface area contributed by atoms with Crippen LogP contribution < -0.4 is 9.77 Å². The van der Waals surface area contributed by atoms with E-state index in [1.54, 1.807) is 40.2 Å². The van der Waals surface area contributed by atoms with Crippen molar-refractivity contribution in [3.05, 3.63) is 22.8 Å². The Morgan fingerprint density at radius 1 is 1.39 bits per heavy atom. The zero-order valence-electron chi connectivity index (χ0n) is 13.5. The summed E-state index contributed by atoms with van der Waals surface area (Å²) in [4.78, 5) is 0. The third-order valence-electron chi connectivity index (χ3n) is 3.35. The number of nitrogens with zero attached hydrogens (tertiary/aromatic N) is 2. The van der Waals surface area contributed by atoms with E-state index in [-0.39, 0.29) is 23.4 Å². The standard InChI is InChI=1S/C13H19BN2O5S2/c1-9-10(2)21-15-12(9)16(8-20-6-5-19-3)23(17,18)13-11(14)4-7-22-13/h4,7H,5-6,8,14H2,1-3H3. The van der Waals surface area contributed by atoms with Crippen LogP contribution >= 0.6 is 11.3 Å². The summed E-state index contributed by atoms with van der Waals surface area (Å²) in [5.74, 6) is 0.813. The molecule has 0 atom stereocenters. The van der Waals surface area contributed by atoms with Crippen molar-refractivity contribution in [3.8, 4) is 0 Å². The van der Waals surface area contributed by atoms with Crippen molar-refractivity contribution in [1.82, 2.24) is 5.16 Å². The van der Waals surface area contributed by atoms with Gasteiger partial charge in [0.25, 0.3) is 10.0 Å². The largest absolute Gasteiger partial charge is 0.382 e. The van der Waals surface area contributed by atoms with Gasteiger partial charge in [0, 0.05) is 12.7 Å². The number of methoxy groups -OCH3 is 1. The van der Waals surface area contributed by atoms with Crippen molar-refractivity contribution in [2.75, 3.05) is 31.4 Å². The summed E-state index contributed by atoms with van der Waals surface area (Å²) in [5, 5.41) is 5.63. The summed E-state index contributed by atoms with van der Waals surface area (Å²) in [5.41, 5.74) is 1.35. The second-order valence-electron chi connectivity index (χ2n) is 4.96. The average molecular weight is 358 g/mol. The number of rotatable bonds is 8. The van der Waals surface area contributed by atoms with Crippen molar-refractivity contribution < 1.29 is 22.4 Å². The van der Waals surface area contributed by atoms with Crippen molar-refractivity contribution >= 4 is 40.5 Å². The fraction of sp³-hybridized carbons (Fsp3) is 0.462. The molecule has 0 aliphatic carbocycles. The van der Waals surface area contributed by atoms with E-state index in [1.807, 2.05) is 0 Å². The first kappa shape index (κ1) is 18.0. The number of hydrogen-bond donors (Lipinski definition) is 0. The number of sulfonamides is 1. The molecule has 7 nitrogen and oxygen atoms in total. The lowest BCUT2D eigenvalue weighted by molar-refractivity contribution is 0.0753. The number of aromatic nitrogens is 1. The molecule has 10 heteroatoms. The first-order valence-corrected chi connectivity index (χ1v) is 9.28.